The van der Waals surface area contributed by atoms with Gasteiger partial charge in [-0.1, -0.05) is 48.5 Å². The molecule has 0 saturated heterocycles. The Balaban J connectivity index is 3.40. The molecule has 1 aromatic heterocycles. The molecule has 0 nitrogen and oxygen atoms in total. The van der Waals surface area contributed by atoms with E-state index in [1.54, 1.807) is 20.9 Å². The second-order valence-electron chi connectivity index (χ2n) is 5.54. The highest BCUT2D eigenvalue weighted by atomic mass is 32.1. The van der Waals surface area contributed by atoms with Crippen molar-refractivity contribution in [2.24, 2.45) is 0 Å². The third-order valence-electron chi connectivity index (χ3n) is 3.09. The van der Waals surface area contributed by atoms with E-state index in [0.717, 1.165) is 0 Å². The molecule has 0 N–H and O–H groups in total. The predicted octanol–water partition coefficient (Wildman–Crippen LogP) is 5.68. The number of hydrogen-bond donors (Lipinski definition) is 0. The number of hydrogen-bond acceptors (Lipinski definition) is 1. The molecule has 0 bridgehead atoms. The molecule has 16 heavy (non-hydrogen) atoms. The zero-order chi connectivity index (χ0) is 12.5. The summed E-state index contributed by atoms with van der Waals surface area (Å²) in [4.78, 5) is 3.24. The van der Waals surface area contributed by atoms with Crippen molar-refractivity contribution in [1.82, 2.24) is 0 Å². The molecule has 0 aliphatic carbocycles. The van der Waals surface area contributed by atoms with Gasteiger partial charge in [0.05, 0.1) is 0 Å². The number of rotatable bonds is 4. The zero-order valence-electron chi connectivity index (χ0n) is 11.8. The maximum absolute atomic E-state index is 2.33. The summed E-state index contributed by atoms with van der Waals surface area (Å²) in [7, 11) is 0. The van der Waals surface area contributed by atoms with E-state index in [1.165, 1.54) is 6.42 Å². The highest BCUT2D eigenvalue weighted by Gasteiger charge is 2.21. The molecule has 92 valence electrons. The molecule has 0 amide bonds. The maximum atomic E-state index is 2.33. The lowest BCUT2D eigenvalue weighted by molar-refractivity contribution is 0.788. The first-order valence-electron chi connectivity index (χ1n) is 6.55. The van der Waals surface area contributed by atoms with E-state index in [1.807, 2.05) is 0 Å². The second-order valence-corrected chi connectivity index (χ2v) is 6.62. The monoisotopic (exact) mass is 238 g/mol. The summed E-state index contributed by atoms with van der Waals surface area (Å²) in [5.74, 6) is 2.00. The molecule has 1 rings (SSSR count). The van der Waals surface area contributed by atoms with E-state index < -0.39 is 0 Å². The zero-order valence-corrected chi connectivity index (χ0v) is 12.7. The fourth-order valence-corrected chi connectivity index (χ4v) is 3.96. The highest BCUT2D eigenvalue weighted by molar-refractivity contribution is 7.12. The van der Waals surface area contributed by atoms with Crippen LogP contribution in [0.5, 0.6) is 0 Å². The summed E-state index contributed by atoms with van der Waals surface area (Å²) in [6.07, 6.45) is 1.18. The normalized spacial score (nSPS) is 12.1. The average Bonchev–Trinajstić information content (AvgIpc) is 2.56. The van der Waals surface area contributed by atoms with Gasteiger partial charge in [0, 0.05) is 9.75 Å². The fourth-order valence-electron chi connectivity index (χ4n) is 2.41. The first-order chi connectivity index (χ1) is 7.40. The lowest BCUT2D eigenvalue weighted by atomic mass is 9.91. The van der Waals surface area contributed by atoms with Crippen molar-refractivity contribution in [3.05, 3.63) is 20.9 Å². The van der Waals surface area contributed by atoms with Crippen LogP contribution in [-0.2, 0) is 6.42 Å². The minimum absolute atomic E-state index is 0.663. The molecule has 0 fully saturated rings. The van der Waals surface area contributed by atoms with Gasteiger partial charge in [-0.05, 0) is 35.3 Å². The Morgan fingerprint density at radius 1 is 0.812 bits per heavy atom. The minimum Gasteiger partial charge on any atom is -0.144 e. The van der Waals surface area contributed by atoms with Crippen molar-refractivity contribution in [2.45, 2.75) is 72.6 Å². The summed E-state index contributed by atoms with van der Waals surface area (Å²) < 4.78 is 0. The van der Waals surface area contributed by atoms with Gasteiger partial charge in [0.2, 0.25) is 0 Å². The van der Waals surface area contributed by atoms with Gasteiger partial charge in [0.15, 0.2) is 0 Å². The van der Waals surface area contributed by atoms with Crippen molar-refractivity contribution in [1.29, 1.82) is 0 Å². The quantitative estimate of drug-likeness (QED) is 0.633. The van der Waals surface area contributed by atoms with Gasteiger partial charge in [-0.25, -0.2) is 0 Å². The molecule has 0 spiro atoms. The van der Waals surface area contributed by atoms with Crippen LogP contribution in [-0.4, -0.2) is 0 Å². The van der Waals surface area contributed by atoms with E-state index in [9.17, 15) is 0 Å². The Bertz CT molecular complexity index is 343. The highest BCUT2D eigenvalue weighted by Crippen LogP contribution is 2.41. The van der Waals surface area contributed by atoms with Crippen LogP contribution in [0.4, 0.5) is 0 Å². The van der Waals surface area contributed by atoms with E-state index in [-0.39, 0.29) is 0 Å². The maximum Gasteiger partial charge on any atom is 0.0111 e. The van der Waals surface area contributed by atoms with E-state index >= 15 is 0 Å². The summed E-state index contributed by atoms with van der Waals surface area (Å²) in [5, 5.41) is 0. The second kappa shape index (κ2) is 5.35. The Morgan fingerprint density at radius 3 is 1.62 bits per heavy atom. The molecule has 0 unspecified atom stereocenters. The topological polar surface area (TPSA) is 0 Å². The molecule has 1 heteroatoms. The first kappa shape index (κ1) is 13.8. The molecule has 1 aromatic rings. The van der Waals surface area contributed by atoms with Crippen molar-refractivity contribution < 1.29 is 0 Å². The molecule has 0 radical (unpaired) electrons. The molecule has 0 aromatic carbocycles. The summed E-state index contributed by atoms with van der Waals surface area (Å²) in [5.41, 5.74) is 3.28. The number of thiophene rings is 1. The molecule has 0 aliphatic rings. The van der Waals surface area contributed by atoms with Gasteiger partial charge in [0.25, 0.3) is 0 Å². The van der Waals surface area contributed by atoms with Gasteiger partial charge >= 0.3 is 0 Å². The SMILES string of the molecule is CCc1c(C(C)C)sc(C(C)C)c1C(C)C. The molecule has 1 heterocycles. The van der Waals surface area contributed by atoms with Crippen LogP contribution in [0, 0.1) is 0 Å². The molecule has 0 saturated carbocycles. The van der Waals surface area contributed by atoms with E-state index in [4.69, 9.17) is 0 Å². The Labute approximate surface area is 105 Å². The largest absolute Gasteiger partial charge is 0.144 e. The Kier molecular flexibility index (Phi) is 4.61. The third-order valence-corrected chi connectivity index (χ3v) is 4.94. The van der Waals surface area contributed by atoms with Gasteiger partial charge in [0.1, 0.15) is 0 Å². The molecular formula is C15H26S. The summed E-state index contributed by atoms with van der Waals surface area (Å²) in [6, 6.07) is 0. The van der Waals surface area contributed by atoms with Crippen molar-refractivity contribution in [2.75, 3.05) is 0 Å². The van der Waals surface area contributed by atoms with Gasteiger partial charge in [-0.15, -0.1) is 11.3 Å². The molecule has 0 atom stereocenters. The van der Waals surface area contributed by atoms with Gasteiger partial charge in [-0.2, -0.15) is 0 Å². The Hall–Kier alpha value is -0.300. The van der Waals surface area contributed by atoms with Crippen LogP contribution in [0.3, 0.4) is 0 Å². The van der Waals surface area contributed by atoms with Crippen LogP contribution < -0.4 is 0 Å². The van der Waals surface area contributed by atoms with E-state index in [2.05, 4.69) is 59.8 Å². The van der Waals surface area contributed by atoms with E-state index in [0.29, 0.717) is 17.8 Å². The summed E-state index contributed by atoms with van der Waals surface area (Å²) in [6.45, 7) is 16.2. The van der Waals surface area contributed by atoms with Crippen LogP contribution >= 0.6 is 11.3 Å². The molecular weight excluding hydrogens is 212 g/mol. The van der Waals surface area contributed by atoms with Gasteiger partial charge < -0.3 is 0 Å². The average molecular weight is 238 g/mol. The summed E-state index contributed by atoms with van der Waals surface area (Å²) >= 11 is 2.06. The van der Waals surface area contributed by atoms with Crippen LogP contribution in [0.25, 0.3) is 0 Å². The third kappa shape index (κ3) is 2.51. The Morgan fingerprint density at radius 2 is 1.31 bits per heavy atom. The standard InChI is InChI=1S/C15H26S/c1-8-12-13(9(2)3)15(11(6)7)16-14(12)10(4)5/h9-11H,8H2,1-7H3. The lowest BCUT2D eigenvalue weighted by Gasteiger charge is -2.13. The van der Waals surface area contributed by atoms with Crippen molar-refractivity contribution >= 4 is 11.3 Å². The lowest BCUT2D eigenvalue weighted by Crippen LogP contribution is -1.98. The predicted molar refractivity (Wildman–Crippen MR) is 76.0 cm³/mol. The van der Waals surface area contributed by atoms with Gasteiger partial charge in [-0.3, -0.25) is 0 Å². The fraction of sp³-hybridized carbons (Fsp3) is 0.733. The molecule has 0 aliphatic heterocycles. The first-order valence-corrected chi connectivity index (χ1v) is 7.37. The smallest absolute Gasteiger partial charge is 0.0111 e. The van der Waals surface area contributed by atoms with Crippen molar-refractivity contribution in [3.8, 4) is 0 Å². The van der Waals surface area contributed by atoms with Crippen LogP contribution in [0.1, 0.15) is 87.1 Å². The van der Waals surface area contributed by atoms with Crippen molar-refractivity contribution in [3.63, 3.8) is 0 Å². The minimum atomic E-state index is 0.663. The van der Waals surface area contributed by atoms with Crippen LogP contribution in [0.2, 0.25) is 0 Å². The van der Waals surface area contributed by atoms with Crippen LogP contribution in [0.15, 0.2) is 0 Å².